The zero-order chi connectivity index (χ0) is 13.4. The molecule has 0 spiro atoms. The largest absolute Gasteiger partial charge is 0.330 e. The second-order valence-electron chi connectivity index (χ2n) is 5.30. The van der Waals surface area contributed by atoms with Gasteiger partial charge in [-0.1, -0.05) is 6.07 Å². The Morgan fingerprint density at radius 1 is 1.17 bits per heavy atom. The van der Waals surface area contributed by atoms with Gasteiger partial charge in [0.25, 0.3) is 0 Å². The number of hydrogen-bond acceptors (Lipinski definition) is 1. The molecule has 0 bridgehead atoms. The monoisotopic (exact) mass is 257 g/mol. The van der Waals surface area contributed by atoms with Crippen LogP contribution in [0.15, 0.2) is 18.2 Å². The average molecular weight is 257 g/mol. The number of nitrogens with two attached hydrogens (primary N) is 1. The Morgan fingerprint density at radius 3 is 2.33 bits per heavy atom. The standard InChI is InChI=1S/C14H18F3N/c1-10-2-3-11(15)8-12(10)13(9-18)4-6-14(16,17)7-5-13/h2-3,8H,4-7,9,18H2,1H3. The first kappa shape index (κ1) is 13.4. The molecule has 1 fully saturated rings. The van der Waals surface area contributed by atoms with Crippen LogP contribution in [0.2, 0.25) is 0 Å². The summed E-state index contributed by atoms with van der Waals surface area (Å²) in [6, 6.07) is 4.53. The number of alkyl halides is 2. The van der Waals surface area contributed by atoms with E-state index in [2.05, 4.69) is 0 Å². The highest BCUT2D eigenvalue weighted by molar-refractivity contribution is 5.35. The van der Waals surface area contributed by atoms with Gasteiger partial charge in [-0.3, -0.25) is 0 Å². The van der Waals surface area contributed by atoms with Crippen LogP contribution in [-0.2, 0) is 5.41 Å². The van der Waals surface area contributed by atoms with Crippen molar-refractivity contribution in [3.63, 3.8) is 0 Å². The zero-order valence-electron chi connectivity index (χ0n) is 10.5. The molecule has 1 saturated carbocycles. The summed E-state index contributed by atoms with van der Waals surface area (Å²) >= 11 is 0. The van der Waals surface area contributed by atoms with Gasteiger partial charge in [-0.2, -0.15) is 0 Å². The summed E-state index contributed by atoms with van der Waals surface area (Å²) in [5, 5.41) is 0. The van der Waals surface area contributed by atoms with E-state index in [0.29, 0.717) is 12.8 Å². The van der Waals surface area contributed by atoms with Crippen LogP contribution in [0.4, 0.5) is 13.2 Å². The lowest BCUT2D eigenvalue weighted by atomic mass is 9.67. The summed E-state index contributed by atoms with van der Waals surface area (Å²) in [5.74, 6) is -2.93. The van der Waals surface area contributed by atoms with Crippen molar-refractivity contribution in [1.29, 1.82) is 0 Å². The van der Waals surface area contributed by atoms with Crippen LogP contribution in [0, 0.1) is 12.7 Å². The van der Waals surface area contributed by atoms with Gasteiger partial charge in [0.15, 0.2) is 0 Å². The summed E-state index contributed by atoms with van der Waals surface area (Å²) < 4.78 is 39.9. The van der Waals surface area contributed by atoms with Gasteiger partial charge < -0.3 is 5.73 Å². The number of halogens is 3. The van der Waals surface area contributed by atoms with Crippen molar-refractivity contribution in [2.24, 2.45) is 5.73 Å². The van der Waals surface area contributed by atoms with Crippen LogP contribution in [0.5, 0.6) is 0 Å². The fraction of sp³-hybridized carbons (Fsp3) is 0.571. The number of benzene rings is 1. The highest BCUT2D eigenvalue weighted by Gasteiger charge is 2.44. The van der Waals surface area contributed by atoms with Crippen LogP contribution in [0.3, 0.4) is 0 Å². The molecule has 1 aromatic carbocycles. The first-order valence-corrected chi connectivity index (χ1v) is 6.23. The minimum absolute atomic E-state index is 0.167. The van der Waals surface area contributed by atoms with Crippen molar-refractivity contribution < 1.29 is 13.2 Å². The quantitative estimate of drug-likeness (QED) is 0.861. The predicted octanol–water partition coefficient (Wildman–Crippen LogP) is 3.54. The molecule has 0 saturated heterocycles. The van der Waals surface area contributed by atoms with E-state index in [9.17, 15) is 13.2 Å². The van der Waals surface area contributed by atoms with Crippen molar-refractivity contribution in [2.45, 2.75) is 43.9 Å². The maximum Gasteiger partial charge on any atom is 0.248 e. The first-order chi connectivity index (χ1) is 8.38. The normalized spacial score (nSPS) is 21.8. The number of rotatable bonds is 2. The Labute approximate surface area is 105 Å². The zero-order valence-corrected chi connectivity index (χ0v) is 10.5. The van der Waals surface area contributed by atoms with E-state index in [1.54, 1.807) is 6.07 Å². The second-order valence-corrected chi connectivity index (χ2v) is 5.30. The molecule has 0 aromatic heterocycles. The highest BCUT2D eigenvalue weighted by atomic mass is 19.3. The third kappa shape index (κ3) is 2.39. The van der Waals surface area contributed by atoms with Crippen LogP contribution < -0.4 is 5.73 Å². The fourth-order valence-electron chi connectivity index (χ4n) is 2.84. The Kier molecular flexibility index (Phi) is 3.41. The van der Waals surface area contributed by atoms with Crippen molar-refractivity contribution in [2.75, 3.05) is 6.54 Å². The lowest BCUT2D eigenvalue weighted by Gasteiger charge is -2.40. The second kappa shape index (κ2) is 4.57. The van der Waals surface area contributed by atoms with Crippen molar-refractivity contribution in [1.82, 2.24) is 0 Å². The van der Waals surface area contributed by atoms with Crippen molar-refractivity contribution in [3.8, 4) is 0 Å². The lowest BCUT2D eigenvalue weighted by Crippen LogP contribution is -2.42. The smallest absolute Gasteiger partial charge is 0.248 e. The molecule has 2 N–H and O–H groups in total. The van der Waals surface area contributed by atoms with Gasteiger partial charge in [-0.05, 0) is 43.0 Å². The number of aryl methyl sites for hydroxylation is 1. The Balaban J connectivity index is 2.36. The molecule has 0 heterocycles. The molecule has 1 nitrogen and oxygen atoms in total. The van der Waals surface area contributed by atoms with E-state index >= 15 is 0 Å². The van der Waals surface area contributed by atoms with E-state index in [1.165, 1.54) is 12.1 Å². The average Bonchev–Trinajstić information content (AvgIpc) is 2.33. The molecule has 0 radical (unpaired) electrons. The van der Waals surface area contributed by atoms with E-state index in [4.69, 9.17) is 5.73 Å². The van der Waals surface area contributed by atoms with E-state index in [-0.39, 0.29) is 25.2 Å². The van der Waals surface area contributed by atoms with Gasteiger partial charge in [0.1, 0.15) is 5.82 Å². The topological polar surface area (TPSA) is 26.0 Å². The molecule has 0 aliphatic heterocycles. The summed E-state index contributed by atoms with van der Waals surface area (Å²) in [4.78, 5) is 0. The first-order valence-electron chi connectivity index (χ1n) is 6.23. The van der Waals surface area contributed by atoms with Crippen LogP contribution in [0.1, 0.15) is 36.8 Å². The molecule has 1 aliphatic rings. The summed E-state index contributed by atoms with van der Waals surface area (Å²) in [5.41, 5.74) is 7.03. The SMILES string of the molecule is Cc1ccc(F)cc1C1(CN)CCC(F)(F)CC1. The summed E-state index contributed by atoms with van der Waals surface area (Å²) in [6.45, 7) is 2.16. The summed E-state index contributed by atoms with van der Waals surface area (Å²) in [7, 11) is 0. The minimum Gasteiger partial charge on any atom is -0.330 e. The molecule has 1 aliphatic carbocycles. The fourth-order valence-corrected chi connectivity index (χ4v) is 2.84. The van der Waals surface area contributed by atoms with Crippen LogP contribution >= 0.6 is 0 Å². The summed E-state index contributed by atoms with van der Waals surface area (Å²) in [6.07, 6.45) is 0.307. The third-order valence-electron chi connectivity index (χ3n) is 4.10. The molecule has 1 aromatic rings. The molecule has 100 valence electrons. The van der Waals surface area contributed by atoms with Gasteiger partial charge in [0.05, 0.1) is 0 Å². The molecule has 4 heteroatoms. The lowest BCUT2D eigenvalue weighted by molar-refractivity contribution is -0.0510. The Morgan fingerprint density at radius 2 is 1.78 bits per heavy atom. The number of hydrogen-bond donors (Lipinski definition) is 1. The maximum absolute atomic E-state index is 13.4. The predicted molar refractivity (Wildman–Crippen MR) is 65.3 cm³/mol. The Hall–Kier alpha value is -1.03. The molecule has 0 amide bonds. The van der Waals surface area contributed by atoms with Gasteiger partial charge in [0, 0.05) is 24.8 Å². The molecule has 0 unspecified atom stereocenters. The third-order valence-corrected chi connectivity index (χ3v) is 4.10. The van der Waals surface area contributed by atoms with Crippen molar-refractivity contribution >= 4 is 0 Å². The van der Waals surface area contributed by atoms with E-state index in [1.807, 2.05) is 6.92 Å². The van der Waals surface area contributed by atoms with Crippen LogP contribution in [-0.4, -0.2) is 12.5 Å². The van der Waals surface area contributed by atoms with Gasteiger partial charge in [-0.15, -0.1) is 0 Å². The van der Waals surface area contributed by atoms with Crippen LogP contribution in [0.25, 0.3) is 0 Å². The van der Waals surface area contributed by atoms with Gasteiger partial charge in [-0.25, -0.2) is 13.2 Å². The Bertz CT molecular complexity index is 433. The van der Waals surface area contributed by atoms with E-state index < -0.39 is 11.3 Å². The maximum atomic E-state index is 13.4. The molecule has 0 atom stereocenters. The van der Waals surface area contributed by atoms with Gasteiger partial charge >= 0.3 is 0 Å². The minimum atomic E-state index is -2.60. The van der Waals surface area contributed by atoms with E-state index in [0.717, 1.165) is 11.1 Å². The van der Waals surface area contributed by atoms with Crippen molar-refractivity contribution in [3.05, 3.63) is 35.1 Å². The molecular weight excluding hydrogens is 239 g/mol. The highest BCUT2D eigenvalue weighted by Crippen LogP contribution is 2.45. The molecule has 2 rings (SSSR count). The molecular formula is C14H18F3N. The van der Waals surface area contributed by atoms with Gasteiger partial charge in [0.2, 0.25) is 5.92 Å². The molecule has 18 heavy (non-hydrogen) atoms.